The lowest BCUT2D eigenvalue weighted by molar-refractivity contribution is 1.04. The molecule has 3 N–H and O–H groups in total. The van der Waals surface area contributed by atoms with Gasteiger partial charge in [0.25, 0.3) is 0 Å². The van der Waals surface area contributed by atoms with E-state index in [1.54, 1.807) is 11.3 Å². The topological polar surface area (TPSA) is 76.7 Å². The molecule has 3 rings (SSSR count). The zero-order valence-electron chi connectivity index (χ0n) is 12.5. The van der Waals surface area contributed by atoms with Crippen molar-refractivity contribution in [1.29, 1.82) is 0 Å². The number of nitrogens with two attached hydrogens (primary N) is 1. The average Bonchev–Trinajstić information content (AvgIpc) is 2.99. The van der Waals surface area contributed by atoms with E-state index in [2.05, 4.69) is 32.4 Å². The number of rotatable bonds is 4. The van der Waals surface area contributed by atoms with Crippen LogP contribution in [0.1, 0.15) is 16.1 Å². The molecule has 2 aromatic heterocycles. The fourth-order valence-corrected chi connectivity index (χ4v) is 2.95. The van der Waals surface area contributed by atoms with Crippen LogP contribution in [0.5, 0.6) is 0 Å². The van der Waals surface area contributed by atoms with Crippen molar-refractivity contribution in [3.05, 3.63) is 52.7 Å². The van der Waals surface area contributed by atoms with Gasteiger partial charge in [-0.3, -0.25) is 0 Å². The van der Waals surface area contributed by atoms with E-state index in [0.717, 1.165) is 32.5 Å². The zero-order chi connectivity index (χ0) is 15.5. The highest BCUT2D eigenvalue weighted by molar-refractivity contribution is 7.15. The highest BCUT2D eigenvalue weighted by Crippen LogP contribution is 2.25. The summed E-state index contributed by atoms with van der Waals surface area (Å²) < 4.78 is 0. The van der Waals surface area contributed by atoms with Crippen LogP contribution in [-0.4, -0.2) is 15.0 Å². The smallest absolute Gasteiger partial charge is 0.222 e. The summed E-state index contributed by atoms with van der Waals surface area (Å²) in [6.07, 6.45) is 1.90. The summed E-state index contributed by atoms with van der Waals surface area (Å²) in [6, 6.07) is 10.2. The minimum absolute atomic E-state index is 0.292. The standard InChI is InChI=1S/C16H17N5S/c1-10-11(2)20-16(17)21-14(10)18-8-13-9-19-15(22-13)12-6-4-3-5-7-12/h3-7,9H,8H2,1-2H3,(H3,17,18,20,21). The minimum Gasteiger partial charge on any atom is -0.368 e. The van der Waals surface area contributed by atoms with E-state index >= 15 is 0 Å². The highest BCUT2D eigenvalue weighted by atomic mass is 32.1. The molecule has 5 nitrogen and oxygen atoms in total. The van der Waals surface area contributed by atoms with E-state index in [1.165, 1.54) is 0 Å². The third-order valence-electron chi connectivity index (χ3n) is 3.41. The molecule has 0 spiro atoms. The molecule has 22 heavy (non-hydrogen) atoms. The largest absolute Gasteiger partial charge is 0.368 e. The van der Waals surface area contributed by atoms with Crippen molar-refractivity contribution in [3.8, 4) is 10.6 Å². The molecule has 0 unspecified atom stereocenters. The number of anilines is 2. The molecule has 0 amide bonds. The van der Waals surface area contributed by atoms with Crippen LogP contribution in [0.15, 0.2) is 36.5 Å². The second-order valence-corrected chi connectivity index (χ2v) is 6.11. The number of hydrogen-bond donors (Lipinski definition) is 2. The maximum atomic E-state index is 5.71. The van der Waals surface area contributed by atoms with Gasteiger partial charge in [-0.1, -0.05) is 30.3 Å². The molecule has 1 aromatic carbocycles. The zero-order valence-corrected chi connectivity index (χ0v) is 13.3. The van der Waals surface area contributed by atoms with Crippen LogP contribution in [0.2, 0.25) is 0 Å². The van der Waals surface area contributed by atoms with Crippen molar-refractivity contribution in [2.75, 3.05) is 11.1 Å². The summed E-state index contributed by atoms with van der Waals surface area (Å²) in [5.74, 6) is 1.07. The first-order valence-corrected chi connectivity index (χ1v) is 7.80. The normalized spacial score (nSPS) is 10.6. The van der Waals surface area contributed by atoms with Gasteiger partial charge >= 0.3 is 0 Å². The third kappa shape index (κ3) is 3.07. The third-order valence-corrected chi connectivity index (χ3v) is 4.46. The van der Waals surface area contributed by atoms with Crippen molar-refractivity contribution in [1.82, 2.24) is 15.0 Å². The molecule has 0 aliphatic heterocycles. The first kappa shape index (κ1) is 14.5. The Morgan fingerprint density at radius 1 is 1.14 bits per heavy atom. The maximum Gasteiger partial charge on any atom is 0.222 e. The van der Waals surface area contributed by atoms with Crippen molar-refractivity contribution in [2.24, 2.45) is 0 Å². The maximum absolute atomic E-state index is 5.71. The fourth-order valence-electron chi connectivity index (χ4n) is 2.10. The second kappa shape index (κ2) is 6.11. The van der Waals surface area contributed by atoms with Gasteiger partial charge in [0.15, 0.2) is 0 Å². The number of nitrogens with one attached hydrogen (secondary N) is 1. The Balaban J connectivity index is 1.74. The number of hydrogen-bond acceptors (Lipinski definition) is 6. The molecule has 2 heterocycles. The van der Waals surface area contributed by atoms with Gasteiger partial charge in [-0.2, -0.15) is 4.98 Å². The molecule has 0 bridgehead atoms. The fraction of sp³-hybridized carbons (Fsp3) is 0.188. The van der Waals surface area contributed by atoms with Gasteiger partial charge in [0, 0.05) is 27.9 Å². The first-order chi connectivity index (χ1) is 10.6. The number of thiazole rings is 1. The SMILES string of the molecule is Cc1nc(N)nc(NCc2cnc(-c3ccccc3)s2)c1C. The lowest BCUT2D eigenvalue weighted by Crippen LogP contribution is -2.07. The molecule has 0 saturated carbocycles. The van der Waals surface area contributed by atoms with Gasteiger partial charge in [-0.25, -0.2) is 9.97 Å². The van der Waals surface area contributed by atoms with Gasteiger partial charge in [0.05, 0.1) is 6.54 Å². The van der Waals surface area contributed by atoms with Gasteiger partial charge in [-0.05, 0) is 13.8 Å². The second-order valence-electron chi connectivity index (χ2n) is 4.99. The Morgan fingerprint density at radius 3 is 2.68 bits per heavy atom. The predicted octanol–water partition coefficient (Wildman–Crippen LogP) is 3.41. The van der Waals surface area contributed by atoms with Gasteiger partial charge in [-0.15, -0.1) is 11.3 Å². The molecule has 112 valence electrons. The van der Waals surface area contributed by atoms with Crippen LogP contribution in [-0.2, 0) is 6.54 Å². The Morgan fingerprint density at radius 2 is 1.91 bits per heavy atom. The van der Waals surface area contributed by atoms with Crippen molar-refractivity contribution < 1.29 is 0 Å². The number of benzene rings is 1. The Labute approximate surface area is 133 Å². The molecular weight excluding hydrogens is 294 g/mol. The molecule has 0 aliphatic rings. The molecule has 0 aliphatic carbocycles. The Kier molecular flexibility index (Phi) is 4.02. The van der Waals surface area contributed by atoms with E-state index in [1.807, 2.05) is 38.2 Å². The summed E-state index contributed by atoms with van der Waals surface area (Å²) in [5.41, 5.74) is 8.75. The van der Waals surface area contributed by atoms with E-state index in [9.17, 15) is 0 Å². The molecule has 6 heteroatoms. The summed E-state index contributed by atoms with van der Waals surface area (Å²) in [6.45, 7) is 4.58. The van der Waals surface area contributed by atoms with Crippen LogP contribution in [0, 0.1) is 13.8 Å². The molecule has 3 aromatic rings. The monoisotopic (exact) mass is 311 g/mol. The number of aryl methyl sites for hydroxylation is 1. The van der Waals surface area contributed by atoms with Gasteiger partial charge < -0.3 is 11.1 Å². The van der Waals surface area contributed by atoms with Crippen molar-refractivity contribution in [2.45, 2.75) is 20.4 Å². The minimum atomic E-state index is 0.292. The Hall–Kier alpha value is -2.47. The summed E-state index contributed by atoms with van der Waals surface area (Å²) in [7, 11) is 0. The molecule has 0 atom stereocenters. The molecule has 0 fully saturated rings. The molecule has 0 saturated heterocycles. The van der Waals surface area contributed by atoms with Gasteiger partial charge in [0.1, 0.15) is 10.8 Å². The average molecular weight is 311 g/mol. The summed E-state index contributed by atoms with van der Waals surface area (Å²) >= 11 is 1.67. The number of nitrogen functional groups attached to an aromatic ring is 1. The summed E-state index contributed by atoms with van der Waals surface area (Å²) in [5, 5.41) is 4.34. The first-order valence-electron chi connectivity index (χ1n) is 6.98. The highest BCUT2D eigenvalue weighted by Gasteiger charge is 2.08. The van der Waals surface area contributed by atoms with E-state index in [-0.39, 0.29) is 0 Å². The van der Waals surface area contributed by atoms with E-state index < -0.39 is 0 Å². The van der Waals surface area contributed by atoms with Gasteiger partial charge in [0.2, 0.25) is 5.95 Å². The van der Waals surface area contributed by atoms with Crippen LogP contribution >= 0.6 is 11.3 Å². The van der Waals surface area contributed by atoms with Crippen molar-refractivity contribution >= 4 is 23.1 Å². The lowest BCUT2D eigenvalue weighted by atomic mass is 10.2. The van der Waals surface area contributed by atoms with E-state index in [4.69, 9.17) is 5.73 Å². The van der Waals surface area contributed by atoms with E-state index in [0.29, 0.717) is 12.5 Å². The predicted molar refractivity (Wildman–Crippen MR) is 90.8 cm³/mol. The number of nitrogens with zero attached hydrogens (tertiary/aromatic N) is 3. The number of aromatic nitrogens is 3. The Bertz CT molecular complexity index is 782. The summed E-state index contributed by atoms with van der Waals surface area (Å²) in [4.78, 5) is 14.0. The van der Waals surface area contributed by atoms with Crippen LogP contribution in [0.4, 0.5) is 11.8 Å². The van der Waals surface area contributed by atoms with Crippen molar-refractivity contribution in [3.63, 3.8) is 0 Å². The lowest BCUT2D eigenvalue weighted by Gasteiger charge is -2.09. The molecular formula is C16H17N5S. The van der Waals surface area contributed by atoms with Crippen LogP contribution in [0.25, 0.3) is 10.6 Å². The van der Waals surface area contributed by atoms with Crippen LogP contribution < -0.4 is 11.1 Å². The molecule has 0 radical (unpaired) electrons. The quantitative estimate of drug-likeness (QED) is 0.772. The van der Waals surface area contributed by atoms with Crippen LogP contribution in [0.3, 0.4) is 0 Å².